The summed E-state index contributed by atoms with van der Waals surface area (Å²) in [5.41, 5.74) is 0.947. The van der Waals surface area contributed by atoms with Crippen LogP contribution in [0.25, 0.3) is 16.0 Å². The van der Waals surface area contributed by atoms with Gasteiger partial charge in [-0.15, -0.1) is 0 Å². The molecule has 5 rings (SSSR count). The van der Waals surface area contributed by atoms with Crippen molar-refractivity contribution >= 4 is 44.1 Å². The second-order valence-electron chi connectivity index (χ2n) is 7.89. The Hall–Kier alpha value is -4.11. The lowest BCUT2D eigenvalue weighted by Crippen LogP contribution is -2.29. The van der Waals surface area contributed by atoms with Gasteiger partial charge in [0.15, 0.2) is 5.13 Å². The Morgan fingerprint density at radius 3 is 2.74 bits per heavy atom. The fourth-order valence-corrected chi connectivity index (χ4v) is 5.00. The zero-order valence-corrected chi connectivity index (χ0v) is 19.9. The van der Waals surface area contributed by atoms with E-state index in [-0.39, 0.29) is 11.3 Å². The third kappa shape index (κ3) is 4.04. The Morgan fingerprint density at radius 2 is 2.00 bits per heavy atom. The van der Waals surface area contributed by atoms with Crippen molar-refractivity contribution in [1.29, 1.82) is 0 Å². The fourth-order valence-electron chi connectivity index (χ4n) is 3.98. The zero-order chi connectivity index (χ0) is 24.5. The molecule has 8 nitrogen and oxygen atoms in total. The van der Waals surface area contributed by atoms with Gasteiger partial charge in [0, 0.05) is 5.56 Å². The Kier molecular flexibility index (Phi) is 6.00. The summed E-state index contributed by atoms with van der Waals surface area (Å²) in [6.07, 6.45) is 2.28. The number of methoxy groups -OCH3 is 1. The van der Waals surface area contributed by atoms with Gasteiger partial charge in [0.05, 0.1) is 35.8 Å². The van der Waals surface area contributed by atoms with Gasteiger partial charge in [0.2, 0.25) is 0 Å². The smallest absolute Gasteiger partial charge is 0.302 e. The first-order chi connectivity index (χ1) is 17.0. The number of amides is 1. The Balaban J connectivity index is 1.64. The van der Waals surface area contributed by atoms with E-state index in [0.29, 0.717) is 40.1 Å². The number of hydrogen-bond donors (Lipinski definition) is 1. The Labute approximate surface area is 205 Å². The van der Waals surface area contributed by atoms with Crippen molar-refractivity contribution in [2.75, 3.05) is 18.6 Å². The minimum atomic E-state index is -0.979. The first kappa shape index (κ1) is 22.7. The Bertz CT molecular complexity index is 1440. The van der Waals surface area contributed by atoms with E-state index in [1.807, 2.05) is 13.0 Å². The molecular formula is C26H22N2O6S. The molecule has 0 spiro atoms. The van der Waals surface area contributed by atoms with Gasteiger partial charge < -0.3 is 19.0 Å². The lowest BCUT2D eigenvalue weighted by Gasteiger charge is -2.20. The number of aliphatic hydroxyl groups is 1. The molecule has 1 aliphatic rings. The quantitative estimate of drug-likeness (QED) is 0.213. The number of anilines is 1. The zero-order valence-electron chi connectivity index (χ0n) is 19.1. The molecule has 178 valence electrons. The maximum absolute atomic E-state index is 13.3. The highest BCUT2D eigenvalue weighted by Crippen LogP contribution is 2.44. The summed E-state index contributed by atoms with van der Waals surface area (Å²) >= 11 is 1.25. The minimum absolute atomic E-state index is 0.0746. The topological polar surface area (TPSA) is 102 Å². The molecule has 3 heterocycles. The van der Waals surface area contributed by atoms with Crippen molar-refractivity contribution in [2.24, 2.45) is 0 Å². The molecule has 0 radical (unpaired) electrons. The molecule has 2 aromatic carbocycles. The lowest BCUT2D eigenvalue weighted by atomic mass is 9.99. The molecule has 1 unspecified atom stereocenters. The van der Waals surface area contributed by atoms with Crippen LogP contribution in [-0.2, 0) is 9.59 Å². The van der Waals surface area contributed by atoms with Crippen LogP contribution in [0.15, 0.2) is 70.9 Å². The number of benzene rings is 2. The van der Waals surface area contributed by atoms with Gasteiger partial charge in [0.25, 0.3) is 5.78 Å². The van der Waals surface area contributed by atoms with Crippen molar-refractivity contribution in [3.05, 3.63) is 77.8 Å². The third-order valence-corrected chi connectivity index (χ3v) is 6.65. The highest BCUT2D eigenvalue weighted by molar-refractivity contribution is 7.22. The number of carbonyl (C=O) groups excluding carboxylic acids is 2. The van der Waals surface area contributed by atoms with Crippen LogP contribution in [0, 0.1) is 0 Å². The molecule has 0 saturated carbocycles. The van der Waals surface area contributed by atoms with E-state index in [4.69, 9.17) is 13.9 Å². The first-order valence-corrected chi connectivity index (χ1v) is 11.9. The number of ether oxygens (including phenoxy) is 2. The second-order valence-corrected chi connectivity index (χ2v) is 8.90. The predicted molar refractivity (Wildman–Crippen MR) is 132 cm³/mol. The summed E-state index contributed by atoms with van der Waals surface area (Å²) in [5.74, 6) is -0.377. The monoisotopic (exact) mass is 490 g/mol. The molecule has 0 bridgehead atoms. The van der Waals surface area contributed by atoms with Crippen LogP contribution in [0.2, 0.25) is 0 Å². The number of aromatic nitrogens is 1. The predicted octanol–water partition coefficient (Wildman–Crippen LogP) is 5.31. The van der Waals surface area contributed by atoms with Crippen LogP contribution in [0.5, 0.6) is 11.5 Å². The maximum Gasteiger partial charge on any atom is 0.302 e. The van der Waals surface area contributed by atoms with E-state index in [2.05, 4.69) is 4.98 Å². The molecule has 9 heteroatoms. The van der Waals surface area contributed by atoms with E-state index >= 15 is 0 Å². The maximum atomic E-state index is 13.3. The fraction of sp³-hybridized carbons (Fsp3) is 0.192. The van der Waals surface area contributed by atoms with E-state index in [1.54, 1.807) is 55.6 Å². The van der Waals surface area contributed by atoms with E-state index < -0.39 is 17.7 Å². The van der Waals surface area contributed by atoms with Gasteiger partial charge in [-0.2, -0.15) is 0 Å². The number of ketones is 1. The highest BCUT2D eigenvalue weighted by atomic mass is 32.1. The molecule has 1 amide bonds. The molecule has 1 saturated heterocycles. The summed E-state index contributed by atoms with van der Waals surface area (Å²) in [6, 6.07) is 14.5. The van der Waals surface area contributed by atoms with Crippen molar-refractivity contribution in [3.8, 4) is 11.5 Å². The Morgan fingerprint density at radius 1 is 1.14 bits per heavy atom. The van der Waals surface area contributed by atoms with Gasteiger partial charge in [-0.3, -0.25) is 14.5 Å². The van der Waals surface area contributed by atoms with Crippen molar-refractivity contribution in [3.63, 3.8) is 0 Å². The van der Waals surface area contributed by atoms with Crippen LogP contribution in [0.1, 0.15) is 30.7 Å². The van der Waals surface area contributed by atoms with Crippen LogP contribution in [0.4, 0.5) is 5.13 Å². The van der Waals surface area contributed by atoms with Crippen molar-refractivity contribution in [1.82, 2.24) is 4.98 Å². The largest absolute Gasteiger partial charge is 0.507 e. The van der Waals surface area contributed by atoms with Gasteiger partial charge in [0.1, 0.15) is 29.1 Å². The molecule has 2 aromatic heterocycles. The molecule has 4 aromatic rings. The van der Waals surface area contributed by atoms with Crippen molar-refractivity contribution in [2.45, 2.75) is 19.4 Å². The number of furan rings is 1. The molecule has 1 atom stereocenters. The number of thiazole rings is 1. The molecule has 1 aliphatic heterocycles. The molecule has 1 N–H and O–H groups in total. The molecule has 35 heavy (non-hydrogen) atoms. The molecule has 0 aliphatic carbocycles. The van der Waals surface area contributed by atoms with Crippen LogP contribution >= 0.6 is 11.3 Å². The average Bonchev–Trinajstić information content (AvgIpc) is 3.60. The minimum Gasteiger partial charge on any atom is -0.507 e. The van der Waals surface area contributed by atoms with Crippen LogP contribution < -0.4 is 14.4 Å². The number of Topliss-reactive ketones (excluding diaryl/α,β-unsaturated/α-hetero) is 1. The average molecular weight is 491 g/mol. The normalized spacial score (nSPS) is 17.3. The molecular weight excluding hydrogens is 468 g/mol. The van der Waals surface area contributed by atoms with E-state index in [9.17, 15) is 14.7 Å². The first-order valence-electron chi connectivity index (χ1n) is 11.0. The van der Waals surface area contributed by atoms with E-state index in [0.717, 1.165) is 11.1 Å². The number of aliphatic hydroxyl groups excluding tert-OH is 1. The summed E-state index contributed by atoms with van der Waals surface area (Å²) in [7, 11) is 1.57. The standard InChI is InChI=1S/C26H22N2O6S/c1-3-11-33-17-7-4-6-15(13-17)23(29)21-22(19-8-5-12-34-19)28(25(31)24(21)30)26-27-18-10-9-16(32-2)14-20(18)35-26/h4-10,12-14,22,29H,3,11H2,1-2H3/b23-21+. The van der Waals surface area contributed by atoms with Gasteiger partial charge in [-0.25, -0.2) is 4.98 Å². The number of nitrogens with zero attached hydrogens (tertiary/aromatic N) is 2. The summed E-state index contributed by atoms with van der Waals surface area (Å²) in [5, 5.41) is 11.6. The summed E-state index contributed by atoms with van der Waals surface area (Å²) < 4.78 is 17.4. The summed E-state index contributed by atoms with van der Waals surface area (Å²) in [6.45, 7) is 2.51. The molecule has 1 fully saturated rings. The highest BCUT2D eigenvalue weighted by Gasteiger charge is 2.49. The van der Waals surface area contributed by atoms with Gasteiger partial charge in [-0.05, 0) is 48.9 Å². The lowest BCUT2D eigenvalue weighted by molar-refractivity contribution is -0.132. The number of fused-ring (bicyclic) bond motifs is 1. The number of rotatable bonds is 7. The van der Waals surface area contributed by atoms with Gasteiger partial charge in [-0.1, -0.05) is 30.4 Å². The van der Waals surface area contributed by atoms with Crippen LogP contribution in [0.3, 0.4) is 0 Å². The van der Waals surface area contributed by atoms with Crippen molar-refractivity contribution < 1.29 is 28.6 Å². The van der Waals surface area contributed by atoms with Gasteiger partial charge >= 0.3 is 5.91 Å². The van der Waals surface area contributed by atoms with E-state index in [1.165, 1.54) is 22.5 Å². The number of carbonyl (C=O) groups is 2. The third-order valence-electron chi connectivity index (χ3n) is 5.63. The summed E-state index contributed by atoms with van der Waals surface area (Å²) in [4.78, 5) is 32.4. The van der Waals surface area contributed by atoms with Crippen LogP contribution in [-0.4, -0.2) is 35.5 Å². The number of hydrogen-bond acceptors (Lipinski definition) is 8. The SMILES string of the molecule is CCCOc1cccc(/C(O)=C2\C(=O)C(=O)N(c3nc4ccc(OC)cc4s3)C2c2ccco2)c1. The second kappa shape index (κ2) is 9.27.